The van der Waals surface area contributed by atoms with Crippen molar-refractivity contribution in [1.29, 1.82) is 0 Å². The quantitative estimate of drug-likeness (QED) is 0.629. The minimum absolute atomic E-state index is 0.302. The van der Waals surface area contributed by atoms with E-state index in [4.69, 9.17) is 27.9 Å². The zero-order valence-corrected chi connectivity index (χ0v) is 15.4. The second kappa shape index (κ2) is 7.81. The van der Waals surface area contributed by atoms with Crippen molar-refractivity contribution in [2.75, 3.05) is 6.61 Å². The monoisotopic (exact) mass is 390 g/mol. The third-order valence-corrected chi connectivity index (χ3v) is 4.70. The molecule has 1 amide bonds. The zero-order valence-electron chi connectivity index (χ0n) is 13.9. The summed E-state index contributed by atoms with van der Waals surface area (Å²) in [5, 5.41) is 4.37. The third-order valence-electron chi connectivity index (χ3n) is 3.96. The number of benzene rings is 2. The van der Waals surface area contributed by atoms with Crippen molar-refractivity contribution in [3.8, 4) is 0 Å². The Kier molecular flexibility index (Phi) is 5.49. The van der Waals surface area contributed by atoms with E-state index in [0.29, 0.717) is 15.6 Å². The molecule has 0 bridgehead atoms. The molecule has 3 aromatic rings. The number of nitrogens with one attached hydrogen (secondary N) is 2. The highest BCUT2D eigenvalue weighted by Crippen LogP contribution is 2.25. The van der Waals surface area contributed by atoms with Crippen molar-refractivity contribution in [3.63, 3.8) is 0 Å². The molecule has 7 heteroatoms. The molecule has 2 aromatic carbocycles. The van der Waals surface area contributed by atoms with Crippen molar-refractivity contribution in [2.24, 2.45) is 0 Å². The van der Waals surface area contributed by atoms with E-state index in [9.17, 15) is 9.59 Å². The van der Waals surface area contributed by atoms with Crippen LogP contribution >= 0.6 is 23.2 Å². The van der Waals surface area contributed by atoms with Gasteiger partial charge < -0.3 is 15.0 Å². The first kappa shape index (κ1) is 18.3. The number of esters is 1. The van der Waals surface area contributed by atoms with Gasteiger partial charge in [-0.1, -0.05) is 47.5 Å². The summed E-state index contributed by atoms with van der Waals surface area (Å²) in [5.41, 5.74) is 2.03. The number of hydrogen-bond donors (Lipinski definition) is 2. The lowest BCUT2D eigenvalue weighted by Gasteiger charge is -2.15. The van der Waals surface area contributed by atoms with Gasteiger partial charge in [0.15, 0.2) is 6.61 Å². The van der Waals surface area contributed by atoms with Crippen LogP contribution in [0.3, 0.4) is 0 Å². The molecule has 1 atom stereocenters. The number of halogens is 2. The number of carbonyl (C=O) groups excluding carboxylic acids is 2. The van der Waals surface area contributed by atoms with E-state index in [1.165, 1.54) is 0 Å². The summed E-state index contributed by atoms with van der Waals surface area (Å²) in [5.74, 6) is -0.962. The lowest BCUT2D eigenvalue weighted by atomic mass is 10.1. The molecular weight excluding hydrogens is 375 g/mol. The maximum atomic E-state index is 12.2. The Morgan fingerprint density at radius 2 is 1.92 bits per heavy atom. The van der Waals surface area contributed by atoms with E-state index in [0.717, 1.165) is 16.5 Å². The maximum Gasteiger partial charge on any atom is 0.340 e. The number of hydrogen-bond acceptors (Lipinski definition) is 3. The predicted octanol–water partition coefficient (Wildman–Crippen LogP) is 4.51. The van der Waals surface area contributed by atoms with E-state index in [2.05, 4.69) is 10.3 Å². The van der Waals surface area contributed by atoms with Crippen molar-refractivity contribution in [3.05, 3.63) is 69.8 Å². The molecule has 0 fully saturated rings. The summed E-state index contributed by atoms with van der Waals surface area (Å²) in [6.45, 7) is 1.43. The van der Waals surface area contributed by atoms with Crippen molar-refractivity contribution in [1.82, 2.24) is 10.3 Å². The Morgan fingerprint density at radius 1 is 1.15 bits per heavy atom. The molecule has 0 saturated carbocycles. The number of aromatic amines is 1. The van der Waals surface area contributed by atoms with Crippen LogP contribution in [-0.2, 0) is 9.53 Å². The van der Waals surface area contributed by atoms with Crippen LogP contribution in [0.15, 0.2) is 48.7 Å². The third kappa shape index (κ3) is 4.00. The number of carbonyl (C=O) groups is 2. The number of amides is 1. The summed E-state index contributed by atoms with van der Waals surface area (Å²) in [7, 11) is 0. The second-order valence-electron chi connectivity index (χ2n) is 5.79. The highest BCUT2D eigenvalue weighted by Gasteiger charge is 2.16. The van der Waals surface area contributed by atoms with Gasteiger partial charge in [-0.05, 0) is 30.7 Å². The number of aromatic nitrogens is 1. The summed E-state index contributed by atoms with van der Waals surface area (Å²) >= 11 is 11.9. The minimum atomic E-state index is -0.556. The molecule has 0 spiro atoms. The van der Waals surface area contributed by atoms with E-state index < -0.39 is 11.9 Å². The molecule has 0 aliphatic carbocycles. The molecule has 1 aromatic heterocycles. The molecule has 0 aliphatic heterocycles. The number of fused-ring (bicyclic) bond motifs is 1. The first-order chi connectivity index (χ1) is 12.5. The first-order valence-electron chi connectivity index (χ1n) is 7.93. The minimum Gasteiger partial charge on any atom is -0.452 e. The number of H-pyrrole nitrogens is 1. The van der Waals surface area contributed by atoms with Crippen LogP contribution in [0.1, 0.15) is 28.9 Å². The second-order valence-corrected chi connectivity index (χ2v) is 6.60. The van der Waals surface area contributed by atoms with E-state index >= 15 is 0 Å². The van der Waals surface area contributed by atoms with Crippen LogP contribution in [0, 0.1) is 0 Å². The lowest BCUT2D eigenvalue weighted by Crippen LogP contribution is -2.31. The van der Waals surface area contributed by atoms with Crippen LogP contribution in [0.4, 0.5) is 0 Å². The van der Waals surface area contributed by atoms with E-state index in [1.807, 2.05) is 24.3 Å². The average molecular weight is 391 g/mol. The Balaban J connectivity index is 1.58. The van der Waals surface area contributed by atoms with Gasteiger partial charge in [0.2, 0.25) is 0 Å². The Labute approximate surface area is 160 Å². The lowest BCUT2D eigenvalue weighted by molar-refractivity contribution is -0.124. The van der Waals surface area contributed by atoms with Crippen LogP contribution < -0.4 is 5.32 Å². The highest BCUT2D eigenvalue weighted by atomic mass is 35.5. The van der Waals surface area contributed by atoms with E-state index in [1.54, 1.807) is 31.3 Å². The molecule has 0 saturated heterocycles. The summed E-state index contributed by atoms with van der Waals surface area (Å²) in [6.07, 6.45) is 1.57. The molecule has 0 unspecified atom stereocenters. The zero-order chi connectivity index (χ0) is 18.7. The van der Waals surface area contributed by atoms with Gasteiger partial charge in [0.25, 0.3) is 5.91 Å². The van der Waals surface area contributed by atoms with Crippen LogP contribution in [0.25, 0.3) is 10.9 Å². The average Bonchev–Trinajstić information content (AvgIpc) is 3.06. The molecule has 26 heavy (non-hydrogen) atoms. The summed E-state index contributed by atoms with van der Waals surface area (Å²) in [4.78, 5) is 27.3. The van der Waals surface area contributed by atoms with Gasteiger partial charge >= 0.3 is 5.97 Å². The van der Waals surface area contributed by atoms with E-state index in [-0.39, 0.29) is 12.6 Å². The highest BCUT2D eigenvalue weighted by molar-refractivity contribution is 6.42. The Bertz CT molecular complexity index is 968. The molecule has 2 N–H and O–H groups in total. The molecule has 5 nitrogen and oxygen atoms in total. The first-order valence-corrected chi connectivity index (χ1v) is 8.69. The summed E-state index contributed by atoms with van der Waals surface area (Å²) in [6, 6.07) is 12.2. The fraction of sp³-hybridized carbons (Fsp3) is 0.158. The van der Waals surface area contributed by atoms with Gasteiger partial charge in [0.1, 0.15) is 0 Å². The maximum absolute atomic E-state index is 12.2. The molecular formula is C19H16Cl2N2O3. The molecule has 0 radical (unpaired) electrons. The largest absolute Gasteiger partial charge is 0.452 e. The normalized spacial score (nSPS) is 12.0. The Hall–Kier alpha value is -2.50. The summed E-state index contributed by atoms with van der Waals surface area (Å²) < 4.78 is 5.12. The van der Waals surface area contributed by atoms with Crippen molar-refractivity contribution in [2.45, 2.75) is 13.0 Å². The SMILES string of the molecule is C[C@H](NC(=O)COC(=O)c1c[nH]c2ccccc12)c1ccc(Cl)c(Cl)c1. The standard InChI is InChI=1S/C19H16Cl2N2O3/c1-11(12-6-7-15(20)16(21)8-12)23-18(24)10-26-19(25)14-9-22-17-5-3-2-4-13(14)17/h2-9,11,22H,10H2,1H3,(H,23,24)/t11-/m0/s1. The fourth-order valence-corrected chi connectivity index (χ4v) is 2.90. The van der Waals surface area contributed by atoms with Gasteiger partial charge in [-0.2, -0.15) is 0 Å². The molecule has 3 rings (SSSR count). The number of rotatable bonds is 5. The fourth-order valence-electron chi connectivity index (χ4n) is 2.60. The molecule has 0 aliphatic rings. The van der Waals surface area contributed by atoms with Gasteiger partial charge in [0, 0.05) is 17.1 Å². The van der Waals surface area contributed by atoms with Crippen LogP contribution in [0.5, 0.6) is 0 Å². The van der Waals surface area contributed by atoms with Gasteiger partial charge in [-0.3, -0.25) is 4.79 Å². The Morgan fingerprint density at radius 3 is 2.69 bits per heavy atom. The van der Waals surface area contributed by atoms with Gasteiger partial charge in [0.05, 0.1) is 21.7 Å². The van der Waals surface area contributed by atoms with Gasteiger partial charge in [-0.25, -0.2) is 4.79 Å². The van der Waals surface area contributed by atoms with Crippen molar-refractivity contribution < 1.29 is 14.3 Å². The topological polar surface area (TPSA) is 71.2 Å². The molecule has 1 heterocycles. The molecule has 134 valence electrons. The number of ether oxygens (including phenoxy) is 1. The van der Waals surface area contributed by atoms with Crippen LogP contribution in [0.2, 0.25) is 10.0 Å². The number of para-hydroxylation sites is 1. The smallest absolute Gasteiger partial charge is 0.340 e. The van der Waals surface area contributed by atoms with Crippen molar-refractivity contribution >= 4 is 46.0 Å². The predicted molar refractivity (Wildman–Crippen MR) is 102 cm³/mol. The van der Waals surface area contributed by atoms with Crippen LogP contribution in [-0.4, -0.2) is 23.5 Å². The van der Waals surface area contributed by atoms with Gasteiger partial charge in [-0.15, -0.1) is 0 Å².